The maximum Gasteiger partial charge on any atom is 0.244 e. The Morgan fingerprint density at radius 1 is 1.27 bits per heavy atom. The molecular weight excluding hydrogens is 447 g/mol. The Hall–Kier alpha value is -2.36. The summed E-state index contributed by atoms with van der Waals surface area (Å²) in [6.45, 7) is 0.361. The topological polar surface area (TPSA) is 106 Å². The average molecular weight is 477 g/mol. The largest absolute Gasteiger partial charge is 0.320 e. The number of rotatable bonds is 7. The number of amides is 2. The number of halogens is 2. The molecule has 2 aromatic rings. The summed E-state index contributed by atoms with van der Waals surface area (Å²) in [7, 11) is 0. The van der Waals surface area contributed by atoms with E-state index in [-0.39, 0.29) is 19.5 Å². The molecule has 1 aromatic carbocycles. The fourth-order valence-corrected chi connectivity index (χ4v) is 5.13. The predicted molar refractivity (Wildman–Crippen MR) is 122 cm³/mol. The van der Waals surface area contributed by atoms with Crippen LogP contribution < -0.4 is 11.1 Å². The molecule has 2 aliphatic rings. The Balaban J connectivity index is 1.42. The highest BCUT2D eigenvalue weighted by molar-refractivity contribution is 6.30. The van der Waals surface area contributed by atoms with Crippen LogP contribution in [0, 0.1) is 5.92 Å². The lowest BCUT2D eigenvalue weighted by Gasteiger charge is -2.26. The van der Waals surface area contributed by atoms with Crippen LogP contribution in [0.4, 0.5) is 4.39 Å². The first-order valence-electron chi connectivity index (χ1n) is 11.5. The molecule has 10 heteroatoms. The number of alkyl halides is 1. The van der Waals surface area contributed by atoms with Gasteiger partial charge >= 0.3 is 0 Å². The molecule has 2 amide bonds. The van der Waals surface area contributed by atoms with E-state index in [9.17, 15) is 14.0 Å². The van der Waals surface area contributed by atoms with E-state index >= 15 is 0 Å². The first kappa shape index (κ1) is 23.8. The number of nitrogens with zero attached hydrogens (tertiary/aromatic N) is 4. The minimum absolute atomic E-state index is 0.0240. The third kappa shape index (κ3) is 5.96. The molecule has 178 valence electrons. The second kappa shape index (κ2) is 10.7. The van der Waals surface area contributed by atoms with E-state index in [0.29, 0.717) is 17.4 Å². The summed E-state index contributed by atoms with van der Waals surface area (Å²) < 4.78 is 16.0. The second-order valence-corrected chi connectivity index (χ2v) is 9.53. The number of hydrogen-bond donors (Lipinski definition) is 2. The molecule has 1 aliphatic heterocycles. The van der Waals surface area contributed by atoms with Gasteiger partial charge in [0.15, 0.2) is 0 Å². The summed E-state index contributed by atoms with van der Waals surface area (Å²) >= 11 is 6.20. The minimum atomic E-state index is -1.17. The van der Waals surface area contributed by atoms with Crippen molar-refractivity contribution < 1.29 is 14.0 Å². The van der Waals surface area contributed by atoms with Crippen molar-refractivity contribution in [3.63, 3.8) is 0 Å². The van der Waals surface area contributed by atoms with Crippen LogP contribution in [0.15, 0.2) is 30.9 Å². The zero-order valence-electron chi connectivity index (χ0n) is 18.5. The number of likely N-dealkylation sites (tertiary alicyclic amines) is 1. The van der Waals surface area contributed by atoms with Gasteiger partial charge in [-0.15, -0.1) is 0 Å². The molecule has 0 spiro atoms. The molecule has 4 rings (SSSR count). The van der Waals surface area contributed by atoms with Gasteiger partial charge in [-0.3, -0.25) is 19.8 Å². The quantitative estimate of drug-likeness (QED) is 0.636. The minimum Gasteiger partial charge on any atom is -0.320 e. The van der Waals surface area contributed by atoms with Crippen molar-refractivity contribution in [2.45, 2.75) is 69.7 Å². The fourth-order valence-electron chi connectivity index (χ4n) is 4.94. The number of imide groups is 1. The summed E-state index contributed by atoms with van der Waals surface area (Å²) in [5.41, 5.74) is 7.61. The number of benzene rings is 1. The summed E-state index contributed by atoms with van der Waals surface area (Å²) in [6.07, 6.45) is 8.10. The van der Waals surface area contributed by atoms with Gasteiger partial charge in [-0.1, -0.05) is 43.7 Å². The molecular formula is C23H30ClFN6O2. The van der Waals surface area contributed by atoms with E-state index in [4.69, 9.17) is 17.3 Å². The molecule has 0 bridgehead atoms. The molecule has 2 fully saturated rings. The molecule has 3 atom stereocenters. The molecule has 33 heavy (non-hydrogen) atoms. The SMILES string of the molecule is N[C@H](CC1CCCCC1)C(=O)NC(=O)C1C[C@@H](F)CN1Cc1cc(Cl)ccc1-n1cncn1. The number of carbonyl (C=O) groups excluding carboxylic acids is 2. The Morgan fingerprint density at radius 2 is 2.06 bits per heavy atom. The van der Waals surface area contributed by atoms with Crippen molar-refractivity contribution in [2.24, 2.45) is 11.7 Å². The fraction of sp³-hybridized carbons (Fsp3) is 0.565. The highest BCUT2D eigenvalue weighted by Crippen LogP contribution is 2.28. The van der Waals surface area contributed by atoms with Crippen LogP contribution in [-0.4, -0.2) is 56.3 Å². The van der Waals surface area contributed by atoms with E-state index in [1.807, 2.05) is 0 Å². The molecule has 2 heterocycles. The van der Waals surface area contributed by atoms with Gasteiger partial charge in [-0.05, 0) is 36.1 Å². The molecule has 1 saturated heterocycles. The van der Waals surface area contributed by atoms with Gasteiger partial charge in [-0.25, -0.2) is 14.1 Å². The predicted octanol–water partition coefficient (Wildman–Crippen LogP) is 2.77. The lowest BCUT2D eigenvalue weighted by atomic mass is 9.85. The lowest BCUT2D eigenvalue weighted by molar-refractivity contribution is -0.134. The number of nitrogens with two attached hydrogens (primary N) is 1. The van der Waals surface area contributed by atoms with Crippen LogP contribution in [0.25, 0.3) is 5.69 Å². The molecule has 0 radical (unpaired) electrons. The average Bonchev–Trinajstić information content (AvgIpc) is 3.44. The molecule has 1 aliphatic carbocycles. The van der Waals surface area contributed by atoms with Crippen molar-refractivity contribution in [1.82, 2.24) is 25.0 Å². The smallest absolute Gasteiger partial charge is 0.244 e. The first-order valence-corrected chi connectivity index (χ1v) is 11.9. The van der Waals surface area contributed by atoms with Gasteiger partial charge in [0.2, 0.25) is 11.8 Å². The number of hydrogen-bond acceptors (Lipinski definition) is 6. The second-order valence-electron chi connectivity index (χ2n) is 9.09. The normalized spacial score (nSPS) is 22.9. The van der Waals surface area contributed by atoms with Crippen molar-refractivity contribution in [1.29, 1.82) is 0 Å². The van der Waals surface area contributed by atoms with Gasteiger partial charge in [-0.2, -0.15) is 5.10 Å². The molecule has 8 nitrogen and oxygen atoms in total. The standard InChI is InChI=1S/C23H30ClFN6O2/c24-17-6-7-20(31-14-27-13-28-31)16(9-17)11-30-12-18(25)10-21(30)23(33)29-22(32)19(26)8-15-4-2-1-3-5-15/h6-7,9,13-15,18-19,21H,1-5,8,10-12,26H2,(H,29,32,33)/t18-,19-,21?/m1/s1. The van der Waals surface area contributed by atoms with Crippen molar-refractivity contribution >= 4 is 23.4 Å². The molecule has 3 N–H and O–H groups in total. The van der Waals surface area contributed by atoms with E-state index in [1.165, 1.54) is 12.7 Å². The highest BCUT2D eigenvalue weighted by atomic mass is 35.5. The summed E-state index contributed by atoms with van der Waals surface area (Å²) in [5.74, 6) is -0.576. The molecule has 1 saturated carbocycles. The van der Waals surface area contributed by atoms with Crippen molar-refractivity contribution in [3.05, 3.63) is 41.4 Å². The first-order chi connectivity index (χ1) is 15.9. The lowest BCUT2D eigenvalue weighted by Crippen LogP contribution is -2.50. The Kier molecular flexibility index (Phi) is 7.72. The summed E-state index contributed by atoms with van der Waals surface area (Å²) in [6, 6.07) is 3.80. The van der Waals surface area contributed by atoms with Gasteiger partial charge < -0.3 is 5.73 Å². The highest BCUT2D eigenvalue weighted by Gasteiger charge is 2.38. The van der Waals surface area contributed by atoms with Gasteiger partial charge in [0, 0.05) is 24.5 Å². The number of nitrogens with one attached hydrogen (secondary N) is 1. The monoisotopic (exact) mass is 476 g/mol. The Morgan fingerprint density at radius 3 is 2.79 bits per heavy atom. The van der Waals surface area contributed by atoms with E-state index in [1.54, 1.807) is 34.1 Å². The van der Waals surface area contributed by atoms with Crippen LogP contribution in [-0.2, 0) is 16.1 Å². The van der Waals surface area contributed by atoms with E-state index in [2.05, 4.69) is 15.4 Å². The van der Waals surface area contributed by atoms with Crippen LogP contribution in [0.1, 0.15) is 50.5 Å². The summed E-state index contributed by atoms with van der Waals surface area (Å²) in [4.78, 5) is 31.2. The van der Waals surface area contributed by atoms with Gasteiger partial charge in [0.25, 0.3) is 0 Å². The van der Waals surface area contributed by atoms with Gasteiger partial charge in [0.1, 0.15) is 18.8 Å². The van der Waals surface area contributed by atoms with Crippen molar-refractivity contribution in [2.75, 3.05) is 6.54 Å². The molecule has 1 unspecified atom stereocenters. The van der Waals surface area contributed by atoms with E-state index in [0.717, 1.165) is 36.9 Å². The maximum atomic E-state index is 14.4. The van der Waals surface area contributed by atoms with Crippen LogP contribution in [0.5, 0.6) is 0 Å². The Bertz CT molecular complexity index is 966. The third-order valence-electron chi connectivity index (χ3n) is 6.63. The zero-order valence-corrected chi connectivity index (χ0v) is 19.3. The van der Waals surface area contributed by atoms with Crippen LogP contribution >= 0.6 is 11.6 Å². The van der Waals surface area contributed by atoms with Crippen molar-refractivity contribution in [3.8, 4) is 5.69 Å². The zero-order chi connectivity index (χ0) is 23.4. The molecule has 1 aromatic heterocycles. The van der Waals surface area contributed by atoms with E-state index < -0.39 is 30.1 Å². The van der Waals surface area contributed by atoms with Crippen LogP contribution in [0.3, 0.4) is 0 Å². The number of aromatic nitrogens is 3. The maximum absolute atomic E-state index is 14.4. The summed E-state index contributed by atoms with van der Waals surface area (Å²) in [5, 5.41) is 7.12. The Labute approximate surface area is 197 Å². The third-order valence-corrected chi connectivity index (χ3v) is 6.87. The van der Waals surface area contributed by atoms with Gasteiger partial charge in [0.05, 0.1) is 17.8 Å². The van der Waals surface area contributed by atoms with Crippen LogP contribution in [0.2, 0.25) is 5.02 Å². The number of carbonyl (C=O) groups is 2.